The largest absolute Gasteiger partial charge is 0.494 e. The number of carbonyl (C=O) groups is 1. The Morgan fingerprint density at radius 1 is 1.18 bits per heavy atom. The number of anilines is 1. The van der Waals surface area contributed by atoms with Gasteiger partial charge in [-0.15, -0.1) is 11.3 Å². The van der Waals surface area contributed by atoms with Crippen molar-refractivity contribution in [1.82, 2.24) is 0 Å². The number of hydrogen-bond donors (Lipinski definition) is 0. The van der Waals surface area contributed by atoms with Crippen molar-refractivity contribution >= 4 is 60.5 Å². The molecule has 3 aromatic rings. The van der Waals surface area contributed by atoms with Gasteiger partial charge in [0.15, 0.2) is 5.37 Å². The molecule has 2 aromatic carbocycles. The summed E-state index contributed by atoms with van der Waals surface area (Å²) < 4.78 is 33.5. The lowest BCUT2D eigenvalue weighted by atomic mass is 10.1. The summed E-state index contributed by atoms with van der Waals surface area (Å²) in [6.07, 6.45) is 1.34. The Kier molecular flexibility index (Phi) is 6.37. The number of thiophene rings is 1. The predicted octanol–water partition coefficient (Wildman–Crippen LogP) is 5.32. The van der Waals surface area contributed by atoms with Crippen molar-refractivity contribution in [3.63, 3.8) is 0 Å². The lowest BCUT2D eigenvalue weighted by molar-refractivity contribution is -0.384. The van der Waals surface area contributed by atoms with Crippen molar-refractivity contribution < 1.29 is 22.9 Å². The van der Waals surface area contributed by atoms with Crippen LogP contribution < -0.4 is 9.64 Å². The Hall–Kier alpha value is -3.02. The number of nitrogens with zero attached hydrogens (tertiary/aromatic N) is 2. The van der Waals surface area contributed by atoms with Crippen LogP contribution in [0.3, 0.4) is 0 Å². The van der Waals surface area contributed by atoms with Gasteiger partial charge in [-0.05, 0) is 70.9 Å². The van der Waals surface area contributed by atoms with Gasteiger partial charge in [-0.3, -0.25) is 19.8 Å². The molecule has 8 nitrogen and oxygen atoms in total. The van der Waals surface area contributed by atoms with Gasteiger partial charge in [0.05, 0.1) is 15.3 Å². The molecule has 170 valence electrons. The Bertz CT molecular complexity index is 1370. The average Bonchev–Trinajstić information content (AvgIpc) is 3.28. The van der Waals surface area contributed by atoms with Crippen LogP contribution in [-0.4, -0.2) is 25.9 Å². The van der Waals surface area contributed by atoms with Gasteiger partial charge >= 0.3 is 0 Å². The molecule has 1 aliphatic rings. The number of nitro groups is 1. The Labute approximate surface area is 202 Å². The minimum absolute atomic E-state index is 0.127. The summed E-state index contributed by atoms with van der Waals surface area (Å²) in [5, 5.41) is 9.85. The molecule has 0 saturated carbocycles. The van der Waals surface area contributed by atoms with Crippen LogP contribution in [0.5, 0.6) is 5.75 Å². The highest BCUT2D eigenvalue weighted by molar-refractivity contribution is 9.11. The summed E-state index contributed by atoms with van der Waals surface area (Å²) in [6, 6.07) is 15.2. The normalized spacial score (nSPS) is 18.6. The summed E-state index contributed by atoms with van der Waals surface area (Å²) in [6.45, 7) is 2.29. The molecule has 2 heterocycles. The zero-order valence-corrected chi connectivity index (χ0v) is 20.4. The van der Waals surface area contributed by atoms with Crippen LogP contribution in [0.25, 0.3) is 6.08 Å². The van der Waals surface area contributed by atoms with Crippen molar-refractivity contribution in [3.8, 4) is 5.75 Å². The Morgan fingerprint density at radius 2 is 1.91 bits per heavy atom. The van der Waals surface area contributed by atoms with Gasteiger partial charge in [-0.1, -0.05) is 12.1 Å². The summed E-state index contributed by atoms with van der Waals surface area (Å²) in [5.41, 5.74) is 0.197. The molecule has 4 rings (SSSR count). The van der Waals surface area contributed by atoms with Gasteiger partial charge in [-0.25, -0.2) is 8.42 Å². The maximum absolute atomic E-state index is 13.6. The van der Waals surface area contributed by atoms with E-state index in [4.69, 9.17) is 4.74 Å². The van der Waals surface area contributed by atoms with Crippen molar-refractivity contribution in [2.24, 2.45) is 0 Å². The van der Waals surface area contributed by atoms with E-state index in [1.54, 1.807) is 36.4 Å². The van der Waals surface area contributed by atoms with Gasteiger partial charge in [0.25, 0.3) is 11.6 Å². The highest BCUT2D eigenvalue weighted by Gasteiger charge is 2.50. The van der Waals surface area contributed by atoms with Crippen LogP contribution in [0.2, 0.25) is 0 Å². The van der Waals surface area contributed by atoms with E-state index in [0.29, 0.717) is 22.9 Å². The Morgan fingerprint density at radius 3 is 2.52 bits per heavy atom. The number of non-ortho nitro benzene ring substituents is 1. The summed E-state index contributed by atoms with van der Waals surface area (Å²) in [4.78, 5) is 25.5. The molecule has 0 radical (unpaired) electrons. The molecule has 0 bridgehead atoms. The third-order valence-corrected chi connectivity index (χ3v) is 8.47. The first-order chi connectivity index (χ1) is 15.7. The molecule has 0 aliphatic carbocycles. The zero-order chi connectivity index (χ0) is 23.8. The van der Waals surface area contributed by atoms with E-state index in [9.17, 15) is 23.3 Å². The highest BCUT2D eigenvalue weighted by atomic mass is 79.9. The zero-order valence-electron chi connectivity index (χ0n) is 17.2. The number of nitro benzene ring substituents is 1. The van der Waals surface area contributed by atoms with Crippen molar-refractivity contribution in [2.75, 3.05) is 11.5 Å². The molecule has 0 N–H and O–H groups in total. The van der Waals surface area contributed by atoms with E-state index in [1.165, 1.54) is 41.7 Å². The molecular weight excluding hydrogens is 532 g/mol. The number of ether oxygens (including phenoxy) is 1. The molecule has 1 aliphatic heterocycles. The quantitative estimate of drug-likeness (QED) is 0.234. The first-order valence-corrected chi connectivity index (χ1v) is 12.9. The maximum atomic E-state index is 13.6. The molecule has 1 amide bonds. The fraction of sp³-hybridized carbons (Fsp3) is 0.136. The molecule has 1 fully saturated rings. The number of benzene rings is 2. The molecule has 33 heavy (non-hydrogen) atoms. The van der Waals surface area contributed by atoms with Gasteiger partial charge in [-0.2, -0.15) is 0 Å². The molecule has 0 spiro atoms. The molecule has 1 saturated heterocycles. The monoisotopic (exact) mass is 548 g/mol. The number of halogens is 1. The lowest BCUT2D eigenvalue weighted by Crippen LogP contribution is -2.29. The number of sulfone groups is 1. The second-order valence-corrected chi connectivity index (χ2v) is 11.5. The van der Waals surface area contributed by atoms with Gasteiger partial charge in [0.1, 0.15) is 10.7 Å². The summed E-state index contributed by atoms with van der Waals surface area (Å²) >= 11 is 4.62. The fourth-order valence-corrected chi connectivity index (χ4v) is 6.84. The highest BCUT2D eigenvalue weighted by Crippen LogP contribution is 2.44. The SMILES string of the molecule is CCOc1ccc(N2C(=O)/C(=C\c3ccc(Br)s3)S(=O)(=O)[C@H]2c2cccc([N+](=O)[O-])c2)cc1. The molecule has 0 unspecified atom stereocenters. The van der Waals surface area contributed by atoms with Gasteiger partial charge < -0.3 is 4.74 Å². The van der Waals surface area contributed by atoms with Crippen molar-refractivity contribution in [3.05, 3.63) is 89.9 Å². The van der Waals surface area contributed by atoms with Crippen molar-refractivity contribution in [2.45, 2.75) is 12.3 Å². The average molecular weight is 549 g/mol. The molecular formula is C22H17BrN2O6S2. The summed E-state index contributed by atoms with van der Waals surface area (Å²) in [5.74, 6) is -0.137. The first-order valence-electron chi connectivity index (χ1n) is 9.74. The molecule has 1 atom stereocenters. The topological polar surface area (TPSA) is 107 Å². The van der Waals surface area contributed by atoms with E-state index in [-0.39, 0.29) is 16.2 Å². The predicted molar refractivity (Wildman–Crippen MR) is 130 cm³/mol. The lowest BCUT2D eigenvalue weighted by Gasteiger charge is -2.23. The van der Waals surface area contributed by atoms with Gasteiger partial charge in [0.2, 0.25) is 9.84 Å². The smallest absolute Gasteiger partial charge is 0.271 e. The van der Waals surface area contributed by atoms with Crippen LogP contribution in [-0.2, 0) is 14.6 Å². The molecule has 11 heteroatoms. The van der Waals surface area contributed by atoms with Crippen LogP contribution in [0.15, 0.2) is 69.4 Å². The second-order valence-electron chi connectivity index (χ2n) is 7.00. The second kappa shape index (κ2) is 9.08. The van der Waals surface area contributed by atoms with Crippen LogP contribution in [0, 0.1) is 10.1 Å². The van der Waals surface area contributed by atoms with E-state index >= 15 is 0 Å². The third-order valence-electron chi connectivity index (χ3n) is 4.92. The Balaban J connectivity index is 1.89. The van der Waals surface area contributed by atoms with Crippen LogP contribution in [0.1, 0.15) is 22.7 Å². The van der Waals surface area contributed by atoms with E-state index in [0.717, 1.165) is 8.69 Å². The van der Waals surface area contributed by atoms with E-state index in [1.807, 2.05) is 6.92 Å². The number of carbonyl (C=O) groups excluding carboxylic acids is 1. The minimum atomic E-state index is -4.20. The first kappa shape index (κ1) is 23.1. The number of rotatable bonds is 6. The third kappa shape index (κ3) is 4.43. The standard InChI is InChI=1S/C22H17BrN2O6S2/c1-2-31-17-8-6-15(7-9-17)24-21(26)19(13-18-10-11-20(23)32-18)33(29,30)22(24)14-4-3-5-16(12-14)25(27)28/h3-13,22H,2H2,1H3/b19-13+/t22-/m0/s1. The van der Waals surface area contributed by atoms with E-state index < -0.39 is 26.0 Å². The molecule has 1 aromatic heterocycles. The minimum Gasteiger partial charge on any atom is -0.494 e. The van der Waals surface area contributed by atoms with Crippen LogP contribution in [0.4, 0.5) is 11.4 Å². The maximum Gasteiger partial charge on any atom is 0.271 e. The number of hydrogen-bond acceptors (Lipinski definition) is 7. The van der Waals surface area contributed by atoms with Crippen molar-refractivity contribution in [1.29, 1.82) is 0 Å². The van der Waals surface area contributed by atoms with Crippen LogP contribution >= 0.6 is 27.3 Å². The van der Waals surface area contributed by atoms with E-state index in [2.05, 4.69) is 15.9 Å². The fourth-order valence-electron chi connectivity index (χ4n) is 3.53. The summed E-state index contributed by atoms with van der Waals surface area (Å²) in [7, 11) is -4.20. The number of amides is 1. The van der Waals surface area contributed by atoms with Gasteiger partial charge in [0, 0.05) is 22.7 Å².